The molecule has 1 heterocycles. The summed E-state index contributed by atoms with van der Waals surface area (Å²) in [5.74, 6) is -0.622. The number of rotatable bonds is 5. The van der Waals surface area contributed by atoms with E-state index in [2.05, 4.69) is 20.8 Å². The maximum Gasteiger partial charge on any atom is 0.321 e. The summed E-state index contributed by atoms with van der Waals surface area (Å²) in [6.45, 7) is 1.86. The maximum absolute atomic E-state index is 13.3. The van der Waals surface area contributed by atoms with E-state index in [0.29, 0.717) is 10.7 Å². The van der Waals surface area contributed by atoms with Gasteiger partial charge < -0.3 is 10.4 Å². The molecular weight excluding hydrogens is 331 g/mol. The van der Waals surface area contributed by atoms with Gasteiger partial charge in [0.2, 0.25) is 5.13 Å². The van der Waals surface area contributed by atoms with Crippen molar-refractivity contribution in [3.05, 3.63) is 39.6 Å². The molecule has 1 aromatic heterocycles. The summed E-state index contributed by atoms with van der Waals surface area (Å²) >= 11 is 6.84. The van der Waals surface area contributed by atoms with Crippen molar-refractivity contribution >= 4 is 34.1 Å². The van der Waals surface area contributed by atoms with Gasteiger partial charge in [0.05, 0.1) is 11.1 Å². The molecule has 1 aromatic carbocycles. The van der Waals surface area contributed by atoms with Gasteiger partial charge in [0.15, 0.2) is 0 Å². The topological polar surface area (TPSA) is 87.1 Å². The molecule has 0 saturated heterocycles. The van der Waals surface area contributed by atoms with Crippen molar-refractivity contribution in [2.24, 2.45) is 0 Å². The molecule has 6 nitrogen and oxygen atoms in total. The summed E-state index contributed by atoms with van der Waals surface area (Å²) < 4.78 is 13.3. The quantitative estimate of drug-likeness (QED) is 0.778. The Morgan fingerprint density at radius 2 is 2.27 bits per heavy atom. The summed E-state index contributed by atoms with van der Waals surface area (Å²) in [6, 6.07) is 3.45. The Kier molecular flexibility index (Phi) is 5.64. The number of aliphatic hydroxyl groups is 1. The predicted octanol–water partition coefficient (Wildman–Crippen LogP) is 2.75. The van der Waals surface area contributed by atoms with Gasteiger partial charge in [0.1, 0.15) is 10.8 Å². The number of carbonyl (C=O) groups is 1. The lowest BCUT2D eigenvalue weighted by atomic mass is 10.1. The van der Waals surface area contributed by atoms with Crippen LogP contribution in [0, 0.1) is 5.82 Å². The number of hydrogen-bond donors (Lipinski definition) is 3. The molecule has 0 bridgehead atoms. The van der Waals surface area contributed by atoms with E-state index < -0.39 is 18.0 Å². The van der Waals surface area contributed by atoms with Crippen molar-refractivity contribution in [3.63, 3.8) is 0 Å². The monoisotopic (exact) mass is 344 g/mol. The van der Waals surface area contributed by atoms with Crippen LogP contribution >= 0.6 is 22.9 Å². The van der Waals surface area contributed by atoms with Crippen molar-refractivity contribution in [2.75, 3.05) is 11.9 Å². The Hall–Kier alpha value is -1.77. The lowest BCUT2D eigenvalue weighted by Gasteiger charge is -2.12. The molecule has 1 unspecified atom stereocenters. The van der Waals surface area contributed by atoms with E-state index in [1.807, 2.05) is 6.92 Å². The molecule has 2 aromatic rings. The highest BCUT2D eigenvalue weighted by Gasteiger charge is 2.13. The van der Waals surface area contributed by atoms with E-state index in [9.17, 15) is 14.3 Å². The predicted molar refractivity (Wildman–Crippen MR) is 82.7 cm³/mol. The second-order valence-corrected chi connectivity index (χ2v) is 5.85. The molecule has 0 radical (unpaired) electrons. The lowest BCUT2D eigenvalue weighted by Crippen LogP contribution is -2.32. The molecule has 22 heavy (non-hydrogen) atoms. The number of aryl methyl sites for hydroxylation is 1. The standard InChI is InChI=1S/C13H14ClFN4O2S/c1-2-11-18-19-13(22-11)17-12(21)16-6-10(20)7-3-4-8(14)9(15)5-7/h3-5,10,20H,2,6H2,1H3,(H2,16,17,19,21). The van der Waals surface area contributed by atoms with Crippen LogP contribution in [0.15, 0.2) is 18.2 Å². The minimum atomic E-state index is -1.04. The second-order valence-electron chi connectivity index (χ2n) is 4.38. The van der Waals surface area contributed by atoms with Gasteiger partial charge in [-0.3, -0.25) is 5.32 Å². The molecule has 2 rings (SSSR count). The molecule has 1 atom stereocenters. The van der Waals surface area contributed by atoms with E-state index >= 15 is 0 Å². The SMILES string of the molecule is CCc1nnc(NC(=O)NCC(O)c2ccc(Cl)c(F)c2)s1. The largest absolute Gasteiger partial charge is 0.387 e. The van der Waals surface area contributed by atoms with Crippen LogP contribution in [0.25, 0.3) is 0 Å². The van der Waals surface area contributed by atoms with Crippen molar-refractivity contribution in [3.8, 4) is 0 Å². The Morgan fingerprint density at radius 1 is 1.50 bits per heavy atom. The molecule has 0 aliphatic heterocycles. The number of carbonyl (C=O) groups excluding carboxylic acids is 1. The highest BCUT2D eigenvalue weighted by atomic mass is 35.5. The van der Waals surface area contributed by atoms with Crippen LogP contribution in [0.5, 0.6) is 0 Å². The van der Waals surface area contributed by atoms with Crippen molar-refractivity contribution in [1.29, 1.82) is 0 Å². The summed E-state index contributed by atoms with van der Waals surface area (Å²) in [5, 5.41) is 23.7. The van der Waals surface area contributed by atoms with E-state index in [0.717, 1.165) is 17.5 Å². The first-order chi connectivity index (χ1) is 10.5. The number of aromatic nitrogens is 2. The van der Waals surface area contributed by atoms with E-state index in [1.165, 1.54) is 23.5 Å². The molecule has 118 valence electrons. The van der Waals surface area contributed by atoms with Crippen LogP contribution < -0.4 is 10.6 Å². The first-order valence-corrected chi connectivity index (χ1v) is 7.69. The molecule has 3 N–H and O–H groups in total. The van der Waals surface area contributed by atoms with Gasteiger partial charge in [0, 0.05) is 6.54 Å². The number of nitrogens with zero attached hydrogens (tertiary/aromatic N) is 2. The molecule has 2 amide bonds. The van der Waals surface area contributed by atoms with Crippen LogP contribution in [0.2, 0.25) is 5.02 Å². The fraction of sp³-hybridized carbons (Fsp3) is 0.308. The smallest absolute Gasteiger partial charge is 0.321 e. The minimum absolute atomic E-state index is 0.0235. The lowest BCUT2D eigenvalue weighted by molar-refractivity contribution is 0.174. The summed E-state index contributed by atoms with van der Waals surface area (Å²) in [5.41, 5.74) is 0.325. The van der Waals surface area contributed by atoms with E-state index in [1.54, 1.807) is 0 Å². The maximum atomic E-state index is 13.3. The van der Waals surface area contributed by atoms with E-state index in [4.69, 9.17) is 11.6 Å². The van der Waals surface area contributed by atoms with Crippen LogP contribution in [0.3, 0.4) is 0 Å². The van der Waals surface area contributed by atoms with Crippen molar-refractivity contribution in [1.82, 2.24) is 15.5 Å². The molecule has 0 spiro atoms. The Morgan fingerprint density at radius 3 is 2.91 bits per heavy atom. The Bertz CT molecular complexity index is 667. The van der Waals surface area contributed by atoms with Gasteiger partial charge in [-0.05, 0) is 24.1 Å². The highest BCUT2D eigenvalue weighted by molar-refractivity contribution is 7.15. The number of halogens is 2. The number of anilines is 1. The average molecular weight is 345 g/mol. The molecule has 0 aliphatic carbocycles. The Labute approximate surface area is 135 Å². The molecule has 0 saturated carbocycles. The van der Waals surface area contributed by atoms with Crippen molar-refractivity contribution in [2.45, 2.75) is 19.4 Å². The zero-order valence-corrected chi connectivity index (χ0v) is 13.2. The van der Waals surface area contributed by atoms with Crippen LogP contribution in [0.4, 0.5) is 14.3 Å². The zero-order valence-electron chi connectivity index (χ0n) is 11.6. The van der Waals surface area contributed by atoms with Crippen molar-refractivity contribution < 1.29 is 14.3 Å². The summed E-state index contributed by atoms with van der Waals surface area (Å²) in [6.07, 6.45) is -0.305. The van der Waals surface area contributed by atoms with Gasteiger partial charge in [-0.2, -0.15) is 0 Å². The van der Waals surface area contributed by atoms with Gasteiger partial charge in [-0.15, -0.1) is 10.2 Å². The van der Waals surface area contributed by atoms with Gasteiger partial charge in [-0.25, -0.2) is 9.18 Å². The molecule has 0 aliphatic rings. The number of hydrogen-bond acceptors (Lipinski definition) is 5. The second kappa shape index (κ2) is 7.48. The van der Waals surface area contributed by atoms with Crippen LogP contribution in [0.1, 0.15) is 23.6 Å². The molecular formula is C13H14ClFN4O2S. The van der Waals surface area contributed by atoms with Gasteiger partial charge in [-0.1, -0.05) is 35.9 Å². The third-order valence-corrected chi connectivity index (χ3v) is 4.06. The van der Waals surface area contributed by atoms with Gasteiger partial charge in [0.25, 0.3) is 0 Å². The third kappa shape index (κ3) is 4.36. The third-order valence-electron chi connectivity index (χ3n) is 2.77. The number of urea groups is 1. The molecule has 0 fully saturated rings. The average Bonchev–Trinajstić information content (AvgIpc) is 2.95. The number of amides is 2. The zero-order chi connectivity index (χ0) is 16.1. The molecule has 9 heteroatoms. The fourth-order valence-electron chi connectivity index (χ4n) is 1.62. The van der Waals surface area contributed by atoms with Crippen LogP contribution in [-0.2, 0) is 6.42 Å². The van der Waals surface area contributed by atoms with E-state index in [-0.39, 0.29) is 11.6 Å². The normalized spacial score (nSPS) is 12.0. The van der Waals surface area contributed by atoms with Gasteiger partial charge >= 0.3 is 6.03 Å². The van der Waals surface area contributed by atoms with Crippen LogP contribution in [-0.4, -0.2) is 27.9 Å². The first kappa shape index (κ1) is 16.6. The fourth-order valence-corrected chi connectivity index (χ4v) is 2.41. The highest BCUT2D eigenvalue weighted by Crippen LogP contribution is 2.20. The first-order valence-electron chi connectivity index (χ1n) is 6.49. The summed E-state index contributed by atoms with van der Waals surface area (Å²) in [7, 11) is 0. The Balaban J connectivity index is 1.85. The number of aliphatic hydroxyl groups excluding tert-OH is 1. The number of nitrogens with one attached hydrogen (secondary N) is 2. The summed E-state index contributed by atoms with van der Waals surface area (Å²) in [4.78, 5) is 11.7. The minimum Gasteiger partial charge on any atom is -0.387 e. The number of benzene rings is 1.